The Morgan fingerprint density at radius 2 is 0.629 bits per heavy atom. The van der Waals surface area contributed by atoms with E-state index in [1.807, 2.05) is 30.3 Å². The molecule has 292 valence electrons. The van der Waals surface area contributed by atoms with Gasteiger partial charge in [0.25, 0.3) is 0 Å². The first-order valence-corrected chi connectivity index (χ1v) is 21.0. The lowest BCUT2D eigenvalue weighted by molar-refractivity contribution is 0.584. The smallest absolute Gasteiger partial charge is 0.248 e. The van der Waals surface area contributed by atoms with Crippen LogP contribution in [0.1, 0.15) is 22.3 Å². The number of hydrogen-bond acceptors (Lipinski definition) is 5. The lowest BCUT2D eigenvalue weighted by Gasteiger charge is -2.32. The van der Waals surface area contributed by atoms with E-state index in [-0.39, 0.29) is 0 Å². The molecule has 0 atom stereocenters. The highest BCUT2D eigenvalue weighted by Crippen LogP contribution is 2.63. The van der Waals surface area contributed by atoms with E-state index in [1.54, 1.807) is 0 Å². The van der Waals surface area contributed by atoms with Crippen molar-refractivity contribution in [3.8, 4) is 45.2 Å². The predicted molar refractivity (Wildman–Crippen MR) is 251 cm³/mol. The van der Waals surface area contributed by atoms with E-state index in [2.05, 4.69) is 220 Å². The summed E-state index contributed by atoms with van der Waals surface area (Å²) < 4.78 is 6.19. The molecule has 2 aliphatic carbocycles. The van der Waals surface area contributed by atoms with Crippen molar-refractivity contribution >= 4 is 34.1 Å². The molecule has 0 amide bonds. The van der Waals surface area contributed by atoms with Crippen LogP contribution in [-0.4, -0.2) is 10.2 Å². The molecule has 0 saturated heterocycles. The summed E-state index contributed by atoms with van der Waals surface area (Å²) in [6, 6.07) is 82.2. The minimum atomic E-state index is -0.463. The van der Waals surface area contributed by atoms with Gasteiger partial charge in [0.2, 0.25) is 11.8 Å². The van der Waals surface area contributed by atoms with Gasteiger partial charge in [-0.15, -0.1) is 10.2 Å². The monoisotopic (exact) mass is 794 g/mol. The summed E-state index contributed by atoms with van der Waals surface area (Å²) in [6.07, 6.45) is 0. The van der Waals surface area contributed by atoms with E-state index in [4.69, 9.17) is 4.42 Å². The average molecular weight is 795 g/mol. The molecule has 1 spiro atoms. The second-order valence-corrected chi connectivity index (χ2v) is 15.8. The fourth-order valence-corrected chi connectivity index (χ4v) is 9.81. The van der Waals surface area contributed by atoms with E-state index in [0.717, 1.165) is 45.3 Å². The third-order valence-corrected chi connectivity index (χ3v) is 12.5. The van der Waals surface area contributed by atoms with Gasteiger partial charge in [-0.3, -0.25) is 0 Å². The molecule has 0 aliphatic heterocycles. The standard InChI is InChI=1S/C57H38N4O/c1-4-16-39(17-5-1)55-58-59-56(62-55)40-28-30-43(31-29-40)61(45-34-32-44(33-35-45)60(41-18-6-2-7-19-41)42-20-8-3-9-21-42)46-36-37-50-49-24-12-15-27-53(49)57(54(50)38-46)51-25-13-10-22-47(51)48-23-11-14-26-52(48)57/h1-38H. The quantitative estimate of drug-likeness (QED) is 0.153. The Kier molecular flexibility index (Phi) is 8.32. The van der Waals surface area contributed by atoms with Crippen LogP contribution in [0.4, 0.5) is 34.1 Å². The van der Waals surface area contributed by atoms with Crippen molar-refractivity contribution < 1.29 is 4.42 Å². The normalized spacial score (nSPS) is 12.6. The highest BCUT2D eigenvalue weighted by molar-refractivity contribution is 5.96. The topological polar surface area (TPSA) is 45.4 Å². The number of anilines is 6. The summed E-state index contributed by atoms with van der Waals surface area (Å²) in [4.78, 5) is 4.65. The maximum Gasteiger partial charge on any atom is 0.248 e. The molecule has 0 saturated carbocycles. The van der Waals surface area contributed by atoms with Crippen LogP contribution in [0.3, 0.4) is 0 Å². The Morgan fingerprint density at radius 1 is 0.290 bits per heavy atom. The van der Waals surface area contributed by atoms with E-state index in [9.17, 15) is 0 Å². The lowest BCUT2D eigenvalue weighted by atomic mass is 9.70. The van der Waals surface area contributed by atoms with Gasteiger partial charge in [-0.25, -0.2) is 0 Å². The van der Waals surface area contributed by atoms with Crippen LogP contribution in [0, 0.1) is 0 Å². The van der Waals surface area contributed by atoms with Gasteiger partial charge in [0, 0.05) is 45.3 Å². The Bertz CT molecular complexity index is 3130. The molecule has 0 fully saturated rings. The molecule has 1 aromatic heterocycles. The second kappa shape index (κ2) is 14.5. The van der Waals surface area contributed by atoms with Crippen LogP contribution in [-0.2, 0) is 5.41 Å². The molecular weight excluding hydrogens is 757 g/mol. The van der Waals surface area contributed by atoms with Gasteiger partial charge in [0.1, 0.15) is 0 Å². The zero-order chi connectivity index (χ0) is 41.0. The zero-order valence-electron chi connectivity index (χ0n) is 33.6. The molecule has 1 heterocycles. The van der Waals surface area contributed by atoms with Crippen LogP contribution in [0.25, 0.3) is 45.2 Å². The molecule has 2 aliphatic rings. The Labute approximate surface area is 360 Å². The zero-order valence-corrected chi connectivity index (χ0v) is 33.6. The highest BCUT2D eigenvalue weighted by Gasteiger charge is 2.51. The molecule has 5 nitrogen and oxygen atoms in total. The Hall–Kier alpha value is -8.28. The summed E-state index contributed by atoms with van der Waals surface area (Å²) in [5, 5.41) is 8.80. The third kappa shape index (κ3) is 5.56. The first-order chi connectivity index (χ1) is 30.8. The maximum absolute atomic E-state index is 6.19. The number of para-hydroxylation sites is 2. The molecule has 0 radical (unpaired) electrons. The van der Waals surface area contributed by atoms with Crippen molar-refractivity contribution in [1.82, 2.24) is 10.2 Å². The van der Waals surface area contributed by atoms with Crippen molar-refractivity contribution in [3.63, 3.8) is 0 Å². The van der Waals surface area contributed by atoms with Crippen LogP contribution < -0.4 is 9.80 Å². The van der Waals surface area contributed by atoms with E-state index < -0.39 is 5.41 Å². The van der Waals surface area contributed by atoms with E-state index >= 15 is 0 Å². The van der Waals surface area contributed by atoms with Gasteiger partial charge in [-0.05, 0) is 142 Å². The molecule has 0 N–H and O–H groups in total. The van der Waals surface area contributed by atoms with Gasteiger partial charge in [0.15, 0.2) is 0 Å². The summed E-state index contributed by atoms with van der Waals surface area (Å²) in [7, 11) is 0. The molecule has 5 heteroatoms. The number of fused-ring (bicyclic) bond motifs is 10. The fourth-order valence-electron chi connectivity index (χ4n) is 9.81. The van der Waals surface area contributed by atoms with Gasteiger partial charge in [0.05, 0.1) is 5.41 Å². The number of rotatable bonds is 8. The number of nitrogens with zero attached hydrogens (tertiary/aromatic N) is 4. The van der Waals surface area contributed by atoms with E-state index in [1.165, 1.54) is 44.5 Å². The molecule has 10 aromatic rings. The second-order valence-electron chi connectivity index (χ2n) is 15.8. The van der Waals surface area contributed by atoms with Crippen molar-refractivity contribution in [3.05, 3.63) is 253 Å². The molecular formula is C57H38N4O. The predicted octanol–water partition coefficient (Wildman–Crippen LogP) is 14.7. The first-order valence-electron chi connectivity index (χ1n) is 21.0. The molecule has 0 bridgehead atoms. The lowest BCUT2D eigenvalue weighted by Crippen LogP contribution is -2.26. The molecule has 12 rings (SSSR count). The van der Waals surface area contributed by atoms with Crippen LogP contribution in [0.15, 0.2) is 235 Å². The van der Waals surface area contributed by atoms with Crippen molar-refractivity contribution in [2.45, 2.75) is 5.41 Å². The van der Waals surface area contributed by atoms with Gasteiger partial charge in [-0.2, -0.15) is 0 Å². The van der Waals surface area contributed by atoms with E-state index in [0.29, 0.717) is 11.8 Å². The van der Waals surface area contributed by atoms with Crippen LogP contribution in [0.2, 0.25) is 0 Å². The summed E-state index contributed by atoms with van der Waals surface area (Å²) in [5.74, 6) is 0.971. The van der Waals surface area contributed by atoms with Gasteiger partial charge < -0.3 is 14.2 Å². The van der Waals surface area contributed by atoms with Crippen molar-refractivity contribution in [2.24, 2.45) is 0 Å². The minimum Gasteiger partial charge on any atom is -0.416 e. The average Bonchev–Trinajstić information content (AvgIpc) is 4.04. The SMILES string of the molecule is c1ccc(-c2nnc(-c3ccc(N(c4ccc(N(c5ccccc5)c5ccccc5)cc4)c4ccc5c(c4)C4(c6ccccc6-c6ccccc64)c4ccccc4-5)cc3)o2)cc1. The minimum absolute atomic E-state index is 0.463. The molecule has 0 unspecified atom stereocenters. The number of aromatic nitrogens is 2. The highest BCUT2D eigenvalue weighted by atomic mass is 16.4. The largest absolute Gasteiger partial charge is 0.416 e. The molecule has 62 heavy (non-hydrogen) atoms. The third-order valence-electron chi connectivity index (χ3n) is 12.5. The van der Waals surface area contributed by atoms with Crippen LogP contribution >= 0.6 is 0 Å². The fraction of sp³-hybridized carbons (Fsp3) is 0.0175. The Balaban J connectivity index is 1.02. The maximum atomic E-state index is 6.19. The summed E-state index contributed by atoms with van der Waals surface area (Å²) >= 11 is 0. The Morgan fingerprint density at radius 3 is 1.11 bits per heavy atom. The summed E-state index contributed by atoms with van der Waals surface area (Å²) in [6.45, 7) is 0. The van der Waals surface area contributed by atoms with Crippen molar-refractivity contribution in [1.29, 1.82) is 0 Å². The summed E-state index contributed by atoms with van der Waals surface area (Å²) in [5.41, 5.74) is 18.0. The first kappa shape index (κ1) is 35.6. The number of benzene rings is 9. The van der Waals surface area contributed by atoms with Crippen LogP contribution in [0.5, 0.6) is 0 Å². The van der Waals surface area contributed by atoms with Gasteiger partial charge >= 0.3 is 0 Å². The molecule has 9 aromatic carbocycles. The number of hydrogen-bond donors (Lipinski definition) is 0. The van der Waals surface area contributed by atoms with Gasteiger partial charge in [-0.1, -0.05) is 133 Å². The van der Waals surface area contributed by atoms with Crippen molar-refractivity contribution in [2.75, 3.05) is 9.80 Å².